The second-order valence-electron chi connectivity index (χ2n) is 13.2. The lowest BCUT2D eigenvalue weighted by molar-refractivity contribution is -0.235. The SMILES string of the molecule is CC(=O)O[C@H]1C2C(C)C(C)[C@@H](OC(=O)c3ccccc3)[C@]2(C)[C@@H]2[C@H]1O[C@](O)(CC[C@@H](C)COC(=O)c1ccccc1)[C@H]2C. The number of esters is 3. The Morgan fingerprint density at radius 2 is 1.47 bits per heavy atom. The highest BCUT2D eigenvalue weighted by atomic mass is 16.7. The van der Waals surface area contributed by atoms with Gasteiger partial charge in [0.1, 0.15) is 18.3 Å². The van der Waals surface area contributed by atoms with Crippen molar-refractivity contribution in [3.63, 3.8) is 0 Å². The summed E-state index contributed by atoms with van der Waals surface area (Å²) in [6.45, 7) is 11.9. The number of hydrogen-bond acceptors (Lipinski definition) is 8. The fourth-order valence-electron chi connectivity index (χ4n) is 8.36. The van der Waals surface area contributed by atoms with E-state index in [0.29, 0.717) is 24.0 Å². The van der Waals surface area contributed by atoms with E-state index in [1.807, 2.05) is 26.0 Å². The van der Waals surface area contributed by atoms with Crippen LogP contribution in [0.25, 0.3) is 0 Å². The van der Waals surface area contributed by atoms with Gasteiger partial charge in [-0.05, 0) is 48.4 Å². The standard InChI is InChI=1S/C35H44O8/c1-20(19-40-32(37)25-13-9-7-10-14-25)17-18-35(39)23(4)28-30(43-35)29(41-24(5)36)27-21(2)22(3)31(34(27,28)6)42-33(38)26-15-11-8-12-16-26/h7-16,20-23,27-31,39H,17-19H2,1-6H3/t20-,21?,22?,23+,27?,28+,29+,30-,31-,34+,35-/m1/s1. The maximum absolute atomic E-state index is 13.3. The van der Waals surface area contributed by atoms with Crippen molar-refractivity contribution < 1.29 is 38.4 Å². The molecular weight excluding hydrogens is 548 g/mol. The molecule has 0 radical (unpaired) electrons. The molecule has 8 nitrogen and oxygen atoms in total. The van der Waals surface area contributed by atoms with Gasteiger partial charge in [-0.2, -0.15) is 0 Å². The topological polar surface area (TPSA) is 108 Å². The highest BCUT2D eigenvalue weighted by Gasteiger charge is 2.76. The van der Waals surface area contributed by atoms with Crippen LogP contribution in [0.1, 0.15) is 75.1 Å². The van der Waals surface area contributed by atoms with Gasteiger partial charge >= 0.3 is 17.9 Å². The molecule has 2 aliphatic carbocycles. The van der Waals surface area contributed by atoms with Crippen LogP contribution in [-0.4, -0.2) is 53.7 Å². The summed E-state index contributed by atoms with van der Waals surface area (Å²) in [6.07, 6.45) is -0.708. The van der Waals surface area contributed by atoms with Gasteiger partial charge in [0, 0.05) is 36.5 Å². The van der Waals surface area contributed by atoms with Crippen LogP contribution in [-0.2, 0) is 23.7 Å². The van der Waals surface area contributed by atoms with Crippen molar-refractivity contribution >= 4 is 17.9 Å². The normalized spacial score (nSPS) is 36.8. The van der Waals surface area contributed by atoms with E-state index >= 15 is 0 Å². The molecule has 2 aromatic rings. The molecule has 11 atom stereocenters. The molecule has 1 N–H and O–H groups in total. The highest BCUT2D eigenvalue weighted by Crippen LogP contribution is 2.69. The van der Waals surface area contributed by atoms with Crippen molar-refractivity contribution in [3.05, 3.63) is 71.8 Å². The number of rotatable bonds is 9. The number of carbonyl (C=O) groups excluding carboxylic acids is 3. The first-order chi connectivity index (χ1) is 20.4. The zero-order valence-corrected chi connectivity index (χ0v) is 25.9. The molecule has 3 aliphatic rings. The second kappa shape index (κ2) is 12.0. The number of benzene rings is 2. The van der Waals surface area contributed by atoms with Crippen LogP contribution in [0, 0.1) is 40.9 Å². The van der Waals surface area contributed by atoms with Gasteiger partial charge in [-0.1, -0.05) is 71.0 Å². The number of hydrogen-bond donors (Lipinski definition) is 1. The summed E-state index contributed by atoms with van der Waals surface area (Å²) in [6, 6.07) is 17.8. The predicted octanol–water partition coefficient (Wildman–Crippen LogP) is 5.68. The lowest BCUT2D eigenvalue weighted by Crippen LogP contribution is -2.46. The molecule has 2 saturated carbocycles. The Morgan fingerprint density at radius 3 is 2.05 bits per heavy atom. The van der Waals surface area contributed by atoms with Crippen molar-refractivity contribution in [2.24, 2.45) is 40.9 Å². The van der Waals surface area contributed by atoms with Gasteiger partial charge in [0.25, 0.3) is 0 Å². The Morgan fingerprint density at radius 1 is 0.884 bits per heavy atom. The third-order valence-corrected chi connectivity index (χ3v) is 10.6. The summed E-state index contributed by atoms with van der Waals surface area (Å²) in [5.74, 6) is -3.27. The molecular formula is C35H44O8. The number of aliphatic hydroxyl groups is 1. The first-order valence-electron chi connectivity index (χ1n) is 15.4. The number of carbonyl (C=O) groups is 3. The molecule has 1 heterocycles. The minimum atomic E-state index is -1.48. The minimum absolute atomic E-state index is 0.00175. The van der Waals surface area contributed by atoms with Crippen LogP contribution < -0.4 is 0 Å². The molecule has 3 unspecified atom stereocenters. The maximum Gasteiger partial charge on any atom is 0.338 e. The monoisotopic (exact) mass is 592 g/mol. The number of fused-ring (bicyclic) bond motifs is 3. The summed E-state index contributed by atoms with van der Waals surface area (Å²) >= 11 is 0. The van der Waals surface area contributed by atoms with Crippen LogP contribution >= 0.6 is 0 Å². The average molecular weight is 593 g/mol. The quantitative estimate of drug-likeness (QED) is 0.293. The van der Waals surface area contributed by atoms with E-state index in [4.69, 9.17) is 18.9 Å². The maximum atomic E-state index is 13.3. The van der Waals surface area contributed by atoms with Crippen LogP contribution in [0.3, 0.4) is 0 Å². The van der Waals surface area contributed by atoms with E-state index in [-0.39, 0.29) is 54.1 Å². The molecule has 8 heteroatoms. The van der Waals surface area contributed by atoms with Gasteiger partial charge in [-0.15, -0.1) is 0 Å². The molecule has 3 fully saturated rings. The van der Waals surface area contributed by atoms with Gasteiger partial charge in [0.05, 0.1) is 17.7 Å². The van der Waals surface area contributed by atoms with Crippen LogP contribution in [0.2, 0.25) is 0 Å². The van der Waals surface area contributed by atoms with Crippen LogP contribution in [0.15, 0.2) is 60.7 Å². The molecule has 0 aromatic heterocycles. The average Bonchev–Trinajstić information content (AvgIpc) is 3.47. The van der Waals surface area contributed by atoms with Crippen molar-refractivity contribution in [2.75, 3.05) is 6.61 Å². The van der Waals surface area contributed by atoms with E-state index in [2.05, 4.69) is 20.8 Å². The van der Waals surface area contributed by atoms with Crippen molar-refractivity contribution in [1.29, 1.82) is 0 Å². The first kappa shape index (κ1) is 31.2. The third kappa shape index (κ3) is 5.60. The molecule has 1 aliphatic heterocycles. The fraction of sp³-hybridized carbons (Fsp3) is 0.571. The van der Waals surface area contributed by atoms with Gasteiger partial charge in [-0.25, -0.2) is 9.59 Å². The summed E-state index contributed by atoms with van der Waals surface area (Å²) in [7, 11) is 0. The molecule has 1 saturated heterocycles. The van der Waals surface area contributed by atoms with Crippen LogP contribution in [0.5, 0.6) is 0 Å². The van der Waals surface area contributed by atoms with E-state index in [9.17, 15) is 19.5 Å². The fourth-order valence-corrected chi connectivity index (χ4v) is 8.36. The minimum Gasteiger partial charge on any atom is -0.462 e. The molecule has 5 rings (SSSR count). The largest absolute Gasteiger partial charge is 0.462 e. The Labute approximate surface area is 254 Å². The lowest BCUT2D eigenvalue weighted by atomic mass is 9.66. The molecule has 43 heavy (non-hydrogen) atoms. The Hall–Kier alpha value is -3.23. The molecule has 232 valence electrons. The molecule has 0 amide bonds. The van der Waals surface area contributed by atoms with E-state index in [0.717, 1.165) is 0 Å². The highest BCUT2D eigenvalue weighted by molar-refractivity contribution is 5.89. The summed E-state index contributed by atoms with van der Waals surface area (Å²) in [4.78, 5) is 38.0. The summed E-state index contributed by atoms with van der Waals surface area (Å²) in [5.41, 5.74) is 0.375. The predicted molar refractivity (Wildman–Crippen MR) is 159 cm³/mol. The van der Waals surface area contributed by atoms with Crippen molar-refractivity contribution in [3.8, 4) is 0 Å². The Balaban J connectivity index is 1.34. The van der Waals surface area contributed by atoms with Gasteiger partial charge in [-0.3, -0.25) is 4.79 Å². The van der Waals surface area contributed by atoms with Gasteiger partial charge in [0.2, 0.25) is 0 Å². The zero-order chi connectivity index (χ0) is 31.1. The second-order valence-corrected chi connectivity index (χ2v) is 13.2. The zero-order valence-electron chi connectivity index (χ0n) is 25.9. The van der Waals surface area contributed by atoms with Crippen molar-refractivity contribution in [2.45, 2.75) is 78.5 Å². The Kier molecular flexibility index (Phi) is 8.74. The van der Waals surface area contributed by atoms with Crippen molar-refractivity contribution in [1.82, 2.24) is 0 Å². The molecule has 0 bridgehead atoms. The molecule has 0 spiro atoms. The lowest BCUT2D eigenvalue weighted by Gasteiger charge is -2.41. The van der Waals surface area contributed by atoms with Gasteiger partial charge < -0.3 is 24.1 Å². The van der Waals surface area contributed by atoms with Gasteiger partial charge in [0.15, 0.2) is 5.79 Å². The summed E-state index contributed by atoms with van der Waals surface area (Å²) < 4.78 is 24.3. The number of ether oxygens (including phenoxy) is 4. The van der Waals surface area contributed by atoms with E-state index in [1.54, 1.807) is 48.5 Å². The smallest absolute Gasteiger partial charge is 0.338 e. The van der Waals surface area contributed by atoms with E-state index in [1.165, 1.54) is 6.92 Å². The third-order valence-electron chi connectivity index (χ3n) is 10.6. The van der Waals surface area contributed by atoms with E-state index < -0.39 is 35.5 Å². The summed E-state index contributed by atoms with van der Waals surface area (Å²) in [5, 5.41) is 12.0. The molecule has 2 aromatic carbocycles. The van der Waals surface area contributed by atoms with Crippen LogP contribution in [0.4, 0.5) is 0 Å². The Bertz CT molecular complexity index is 1310. The first-order valence-corrected chi connectivity index (χ1v) is 15.4.